The van der Waals surface area contributed by atoms with Gasteiger partial charge in [0.25, 0.3) is 5.56 Å². The quantitative estimate of drug-likeness (QED) is 0.350. The predicted molar refractivity (Wildman–Crippen MR) is 148 cm³/mol. The number of para-hydroxylation sites is 1. The van der Waals surface area contributed by atoms with Gasteiger partial charge in [-0.15, -0.1) is 0 Å². The molecule has 3 aromatic carbocycles. The van der Waals surface area contributed by atoms with Gasteiger partial charge in [0.2, 0.25) is 0 Å². The number of allylic oxidation sites excluding steroid dienone is 1. The zero-order chi connectivity index (χ0) is 25.4. The molecule has 6 heteroatoms. The lowest BCUT2D eigenvalue weighted by molar-refractivity contribution is 0.363. The first-order chi connectivity index (χ1) is 18.2. The minimum atomic E-state index is -0.271. The van der Waals surface area contributed by atoms with Crippen LogP contribution in [0.3, 0.4) is 0 Å². The van der Waals surface area contributed by atoms with Crippen LogP contribution in [0.4, 0.5) is 0 Å². The molecule has 2 heterocycles. The number of aryl methyl sites for hydroxylation is 1. The van der Waals surface area contributed by atoms with Gasteiger partial charge in [-0.3, -0.25) is 9.36 Å². The second-order valence-electron chi connectivity index (χ2n) is 9.02. The molecule has 1 aliphatic carbocycles. The molecule has 5 nitrogen and oxygen atoms in total. The lowest BCUT2D eigenvalue weighted by Gasteiger charge is -2.31. The number of ether oxygens (including phenoxy) is 2. The van der Waals surface area contributed by atoms with Crippen LogP contribution in [-0.2, 0) is 6.42 Å². The number of thiazole rings is 1. The molecule has 4 aromatic rings. The summed E-state index contributed by atoms with van der Waals surface area (Å²) in [5, 5.41) is 0. The molecule has 6 rings (SSSR count). The summed E-state index contributed by atoms with van der Waals surface area (Å²) in [6, 6.07) is 23.9. The first-order valence-corrected chi connectivity index (χ1v) is 13.1. The lowest BCUT2D eigenvalue weighted by Crippen LogP contribution is -2.38. The van der Waals surface area contributed by atoms with Gasteiger partial charge in [-0.2, -0.15) is 0 Å². The largest absolute Gasteiger partial charge is 0.496 e. The Morgan fingerprint density at radius 3 is 2.65 bits per heavy atom. The van der Waals surface area contributed by atoms with E-state index >= 15 is 0 Å². The number of fused-ring (bicyclic) bond motifs is 3. The summed E-state index contributed by atoms with van der Waals surface area (Å²) in [4.78, 5) is 19.7. The Morgan fingerprint density at radius 2 is 1.84 bits per heavy atom. The van der Waals surface area contributed by atoms with Crippen molar-refractivity contribution in [1.29, 1.82) is 0 Å². The molecular formula is C31H26N2O3S. The molecule has 0 saturated carbocycles. The first kappa shape index (κ1) is 23.3. The van der Waals surface area contributed by atoms with Gasteiger partial charge in [-0.25, -0.2) is 4.99 Å². The van der Waals surface area contributed by atoms with Crippen molar-refractivity contribution in [2.75, 3.05) is 13.7 Å². The maximum Gasteiger partial charge on any atom is 0.271 e. The molecule has 1 aliphatic heterocycles. The third-order valence-electron chi connectivity index (χ3n) is 6.85. The van der Waals surface area contributed by atoms with Crippen molar-refractivity contribution in [3.05, 3.63) is 133 Å². The van der Waals surface area contributed by atoms with E-state index in [0.29, 0.717) is 15.9 Å². The summed E-state index contributed by atoms with van der Waals surface area (Å²) >= 11 is 1.43. The normalized spacial score (nSPS) is 16.4. The number of benzene rings is 3. The fraction of sp³-hybridized carbons (Fsp3) is 0.161. The zero-order valence-corrected chi connectivity index (χ0v) is 21.3. The lowest BCUT2D eigenvalue weighted by atomic mass is 9.83. The van der Waals surface area contributed by atoms with E-state index < -0.39 is 0 Å². The van der Waals surface area contributed by atoms with E-state index in [1.54, 1.807) is 13.2 Å². The Morgan fingerprint density at radius 1 is 1.05 bits per heavy atom. The molecule has 0 radical (unpaired) electrons. The van der Waals surface area contributed by atoms with Crippen molar-refractivity contribution >= 4 is 23.1 Å². The van der Waals surface area contributed by atoms with Crippen molar-refractivity contribution in [3.8, 4) is 11.5 Å². The van der Waals surface area contributed by atoms with Crippen LogP contribution in [0.1, 0.15) is 34.7 Å². The Balaban J connectivity index is 1.55. The minimum absolute atomic E-state index is 0.0444. The van der Waals surface area contributed by atoms with Gasteiger partial charge >= 0.3 is 0 Å². The average molecular weight is 507 g/mol. The van der Waals surface area contributed by atoms with E-state index in [-0.39, 0.29) is 11.6 Å². The van der Waals surface area contributed by atoms with Crippen molar-refractivity contribution in [3.63, 3.8) is 0 Å². The van der Waals surface area contributed by atoms with Gasteiger partial charge in [0.15, 0.2) is 4.80 Å². The molecule has 0 saturated heterocycles. The van der Waals surface area contributed by atoms with Gasteiger partial charge in [0, 0.05) is 11.1 Å². The maximum absolute atomic E-state index is 13.9. The smallest absolute Gasteiger partial charge is 0.271 e. The zero-order valence-electron chi connectivity index (χ0n) is 20.5. The number of nitrogens with zero attached hydrogens (tertiary/aromatic N) is 2. The van der Waals surface area contributed by atoms with Gasteiger partial charge in [-0.1, -0.05) is 78.6 Å². The number of methoxy groups -OCH3 is 1. The van der Waals surface area contributed by atoms with E-state index in [2.05, 4.69) is 36.9 Å². The van der Waals surface area contributed by atoms with Crippen molar-refractivity contribution < 1.29 is 9.47 Å². The predicted octanol–water partition coefficient (Wildman–Crippen LogP) is 4.89. The molecular weight excluding hydrogens is 480 g/mol. The molecule has 184 valence electrons. The number of hydrogen-bond donors (Lipinski definition) is 0. The highest BCUT2D eigenvalue weighted by Crippen LogP contribution is 2.43. The van der Waals surface area contributed by atoms with Crippen molar-refractivity contribution in [2.24, 2.45) is 4.99 Å². The Kier molecular flexibility index (Phi) is 6.10. The van der Waals surface area contributed by atoms with E-state index in [1.807, 2.05) is 53.1 Å². The SMILES string of the molecule is C=CCOc1ccc(C=c2sc3n(c2=O)C(c2ccccc2OC)C2=C(N=3)c3ccccc3CC2)cc1. The van der Waals surface area contributed by atoms with E-state index in [1.165, 1.54) is 16.9 Å². The third kappa shape index (κ3) is 4.13. The summed E-state index contributed by atoms with van der Waals surface area (Å²) in [6.45, 7) is 4.13. The van der Waals surface area contributed by atoms with Crippen LogP contribution in [0.15, 0.2) is 101 Å². The second-order valence-corrected chi connectivity index (χ2v) is 10.0. The van der Waals surface area contributed by atoms with Gasteiger partial charge in [-0.05, 0) is 53.8 Å². The standard InChI is InChI=1S/C31H26N2O3S/c1-3-18-36-22-15-12-20(13-16-22)19-27-30(34)33-29(24-10-6-7-11-26(24)35-2)25-17-14-21-8-4-5-9-23(21)28(25)32-31(33)37-27/h3-13,15-16,19,29H,1,14,17-18H2,2H3. The molecule has 0 bridgehead atoms. The molecule has 1 aromatic heterocycles. The summed E-state index contributed by atoms with van der Waals surface area (Å²) < 4.78 is 13.8. The van der Waals surface area contributed by atoms with Crippen LogP contribution in [0.2, 0.25) is 0 Å². The molecule has 0 amide bonds. The second kappa shape index (κ2) is 9.71. The molecule has 37 heavy (non-hydrogen) atoms. The summed E-state index contributed by atoms with van der Waals surface area (Å²) in [5.74, 6) is 1.53. The van der Waals surface area contributed by atoms with Crippen LogP contribution in [-0.4, -0.2) is 18.3 Å². The minimum Gasteiger partial charge on any atom is -0.496 e. The Hall–Kier alpha value is -4.16. The molecule has 1 atom stereocenters. The topological polar surface area (TPSA) is 52.8 Å². The third-order valence-corrected chi connectivity index (χ3v) is 7.84. The first-order valence-electron chi connectivity index (χ1n) is 12.3. The monoisotopic (exact) mass is 506 g/mol. The fourth-order valence-electron chi connectivity index (χ4n) is 5.16. The number of hydrogen-bond acceptors (Lipinski definition) is 5. The van der Waals surface area contributed by atoms with Crippen LogP contribution in [0, 0.1) is 0 Å². The maximum atomic E-state index is 13.9. The Labute approximate surface area is 219 Å². The van der Waals surface area contributed by atoms with Crippen LogP contribution in [0.5, 0.6) is 11.5 Å². The Bertz CT molecular complexity index is 1710. The van der Waals surface area contributed by atoms with Crippen molar-refractivity contribution in [1.82, 2.24) is 4.57 Å². The van der Waals surface area contributed by atoms with E-state index in [9.17, 15) is 4.79 Å². The highest BCUT2D eigenvalue weighted by molar-refractivity contribution is 7.07. The number of aromatic nitrogens is 1. The summed E-state index contributed by atoms with van der Waals surface area (Å²) in [6.07, 6.45) is 5.40. The number of rotatable bonds is 6. The van der Waals surface area contributed by atoms with E-state index in [0.717, 1.165) is 52.3 Å². The molecule has 2 aliphatic rings. The van der Waals surface area contributed by atoms with Gasteiger partial charge in [0.05, 0.1) is 23.4 Å². The molecule has 0 fully saturated rings. The van der Waals surface area contributed by atoms with Gasteiger partial charge < -0.3 is 9.47 Å². The highest BCUT2D eigenvalue weighted by atomic mass is 32.1. The van der Waals surface area contributed by atoms with Gasteiger partial charge in [0.1, 0.15) is 18.1 Å². The molecule has 1 unspecified atom stereocenters. The van der Waals surface area contributed by atoms with Crippen LogP contribution >= 0.6 is 11.3 Å². The average Bonchev–Trinajstić information content (AvgIpc) is 3.25. The fourth-order valence-corrected chi connectivity index (χ4v) is 6.16. The van der Waals surface area contributed by atoms with Crippen LogP contribution in [0.25, 0.3) is 11.8 Å². The molecule has 0 spiro atoms. The van der Waals surface area contributed by atoms with Crippen molar-refractivity contribution in [2.45, 2.75) is 18.9 Å². The summed E-state index contributed by atoms with van der Waals surface area (Å²) in [7, 11) is 1.68. The van der Waals surface area contributed by atoms with E-state index in [4.69, 9.17) is 14.5 Å². The summed E-state index contributed by atoms with van der Waals surface area (Å²) in [5.41, 5.74) is 6.44. The highest BCUT2D eigenvalue weighted by Gasteiger charge is 2.33. The van der Waals surface area contributed by atoms with Crippen LogP contribution < -0.4 is 24.4 Å². The molecule has 0 N–H and O–H groups in total.